The molecule has 0 saturated carbocycles. The molecule has 0 bridgehead atoms. The molecule has 29 heavy (non-hydrogen) atoms. The molecule has 5 heteroatoms. The summed E-state index contributed by atoms with van der Waals surface area (Å²) in [7, 11) is -3.41. The second-order valence-electron chi connectivity index (χ2n) is 6.86. The van der Waals surface area contributed by atoms with Crippen molar-refractivity contribution in [2.45, 2.75) is 18.4 Å². The van der Waals surface area contributed by atoms with Crippen LogP contribution >= 0.6 is 0 Å². The first-order valence-corrected chi connectivity index (χ1v) is 11.5. The van der Waals surface area contributed by atoms with Gasteiger partial charge in [0.05, 0.1) is 12.9 Å². The number of hydrogen-bond acceptors (Lipinski definition) is 4. The molecular formula is C24H26O4S. The van der Waals surface area contributed by atoms with E-state index in [1.807, 2.05) is 54.6 Å². The van der Waals surface area contributed by atoms with Crippen molar-refractivity contribution in [2.75, 3.05) is 19.5 Å². The first-order valence-electron chi connectivity index (χ1n) is 9.67. The van der Waals surface area contributed by atoms with Crippen LogP contribution in [0, 0.1) is 0 Å². The second-order valence-corrected chi connectivity index (χ2v) is 8.50. The summed E-state index contributed by atoms with van der Waals surface area (Å²) in [6, 6.07) is 30.5. The molecule has 0 aliphatic carbocycles. The van der Waals surface area contributed by atoms with E-state index in [1.165, 1.54) is 0 Å². The molecule has 0 atom stereocenters. The van der Waals surface area contributed by atoms with E-state index in [0.717, 1.165) is 22.9 Å². The number of unbranched alkanes of at least 4 members (excludes halogenated alkanes) is 1. The van der Waals surface area contributed by atoms with Crippen molar-refractivity contribution in [3.63, 3.8) is 0 Å². The quantitative estimate of drug-likeness (QED) is 0.275. The van der Waals surface area contributed by atoms with E-state index in [9.17, 15) is 8.42 Å². The second kappa shape index (κ2) is 9.83. The lowest BCUT2D eigenvalue weighted by Crippen LogP contribution is -2.33. The van der Waals surface area contributed by atoms with Crippen molar-refractivity contribution in [3.05, 3.63) is 108 Å². The topological polar surface area (TPSA) is 52.6 Å². The highest BCUT2D eigenvalue weighted by Gasteiger charge is 2.37. The average Bonchev–Trinajstić information content (AvgIpc) is 2.75. The lowest BCUT2D eigenvalue weighted by atomic mass is 9.80. The van der Waals surface area contributed by atoms with Crippen LogP contribution in [-0.2, 0) is 24.6 Å². The molecule has 0 unspecified atom stereocenters. The van der Waals surface area contributed by atoms with Crippen LogP contribution in [0.15, 0.2) is 91.0 Å². The fraction of sp³-hybridized carbons (Fsp3) is 0.250. The van der Waals surface area contributed by atoms with Crippen LogP contribution in [-0.4, -0.2) is 27.9 Å². The van der Waals surface area contributed by atoms with Crippen LogP contribution in [0.2, 0.25) is 0 Å². The van der Waals surface area contributed by atoms with E-state index in [1.54, 1.807) is 0 Å². The third kappa shape index (κ3) is 5.54. The largest absolute Gasteiger partial charge is 0.361 e. The highest BCUT2D eigenvalue weighted by molar-refractivity contribution is 7.85. The van der Waals surface area contributed by atoms with Crippen LogP contribution in [0.25, 0.3) is 0 Å². The summed E-state index contributed by atoms with van der Waals surface area (Å²) in [5.41, 5.74) is 2.39. The minimum atomic E-state index is -3.41. The van der Waals surface area contributed by atoms with Crippen LogP contribution in [0.3, 0.4) is 0 Å². The van der Waals surface area contributed by atoms with Gasteiger partial charge in [0, 0.05) is 6.61 Å². The molecular weight excluding hydrogens is 384 g/mol. The number of ether oxygens (including phenoxy) is 1. The number of hydrogen-bond donors (Lipinski definition) is 0. The maximum atomic E-state index is 11.1. The summed E-state index contributed by atoms with van der Waals surface area (Å²) in [6.45, 7) is 0.628. The van der Waals surface area contributed by atoms with Gasteiger partial charge in [-0.3, -0.25) is 4.18 Å². The monoisotopic (exact) mass is 410 g/mol. The lowest BCUT2D eigenvalue weighted by molar-refractivity contribution is 0.00975. The maximum absolute atomic E-state index is 11.1. The normalized spacial score (nSPS) is 12.0. The Hall–Kier alpha value is -2.47. The molecule has 152 valence electrons. The molecule has 0 aliphatic heterocycles. The third-order valence-corrected chi connectivity index (χ3v) is 5.29. The minimum Gasteiger partial charge on any atom is -0.361 e. The van der Waals surface area contributed by atoms with Gasteiger partial charge in [-0.05, 0) is 29.5 Å². The summed E-state index contributed by atoms with van der Waals surface area (Å²) >= 11 is 0. The van der Waals surface area contributed by atoms with E-state index in [0.29, 0.717) is 19.4 Å². The predicted octanol–water partition coefficient (Wildman–Crippen LogP) is 4.75. The van der Waals surface area contributed by atoms with Gasteiger partial charge in [0.1, 0.15) is 5.60 Å². The zero-order chi connectivity index (χ0) is 20.6. The van der Waals surface area contributed by atoms with Gasteiger partial charge in [-0.25, -0.2) is 0 Å². The zero-order valence-corrected chi connectivity index (χ0v) is 17.3. The van der Waals surface area contributed by atoms with Crippen LogP contribution in [0.1, 0.15) is 29.5 Å². The molecule has 0 saturated heterocycles. The molecule has 0 N–H and O–H groups in total. The molecule has 0 spiro atoms. The Morgan fingerprint density at radius 2 is 1.03 bits per heavy atom. The van der Waals surface area contributed by atoms with Gasteiger partial charge in [-0.1, -0.05) is 91.0 Å². The third-order valence-electron chi connectivity index (χ3n) is 4.70. The summed E-state index contributed by atoms with van der Waals surface area (Å²) < 4.78 is 33.7. The molecule has 3 rings (SSSR count). The van der Waals surface area contributed by atoms with Gasteiger partial charge in [-0.2, -0.15) is 8.42 Å². The summed E-state index contributed by atoms with van der Waals surface area (Å²) in [4.78, 5) is 0. The Balaban J connectivity index is 1.91. The highest BCUT2D eigenvalue weighted by Crippen LogP contribution is 2.40. The highest BCUT2D eigenvalue weighted by atomic mass is 32.2. The molecule has 0 amide bonds. The molecule has 0 fully saturated rings. The Morgan fingerprint density at radius 1 is 0.655 bits per heavy atom. The predicted molar refractivity (Wildman–Crippen MR) is 115 cm³/mol. The van der Waals surface area contributed by atoms with Crippen LogP contribution in [0.4, 0.5) is 0 Å². The number of rotatable bonds is 10. The molecule has 0 radical (unpaired) electrons. The van der Waals surface area contributed by atoms with Crippen LogP contribution < -0.4 is 0 Å². The van der Waals surface area contributed by atoms with Crippen molar-refractivity contribution >= 4 is 10.1 Å². The Kier molecular flexibility index (Phi) is 7.20. The SMILES string of the molecule is CS(=O)(=O)OCCCCOC(c1ccccc1)(c1ccccc1)c1ccccc1. The van der Waals surface area contributed by atoms with Gasteiger partial charge < -0.3 is 4.74 Å². The van der Waals surface area contributed by atoms with Crippen molar-refractivity contribution in [3.8, 4) is 0 Å². The molecule has 0 heterocycles. The van der Waals surface area contributed by atoms with Gasteiger partial charge in [-0.15, -0.1) is 0 Å². The van der Waals surface area contributed by atoms with E-state index in [-0.39, 0.29) is 6.61 Å². The Morgan fingerprint density at radius 3 is 1.41 bits per heavy atom. The van der Waals surface area contributed by atoms with Gasteiger partial charge in [0.2, 0.25) is 0 Å². The maximum Gasteiger partial charge on any atom is 0.264 e. The molecule has 0 aliphatic rings. The lowest BCUT2D eigenvalue weighted by Gasteiger charge is -2.36. The van der Waals surface area contributed by atoms with Crippen molar-refractivity contribution in [2.24, 2.45) is 0 Å². The van der Waals surface area contributed by atoms with E-state index < -0.39 is 15.7 Å². The zero-order valence-electron chi connectivity index (χ0n) is 16.5. The fourth-order valence-electron chi connectivity index (χ4n) is 3.41. The van der Waals surface area contributed by atoms with Crippen molar-refractivity contribution < 1.29 is 17.3 Å². The summed E-state index contributed by atoms with van der Waals surface area (Å²) in [5.74, 6) is 0. The van der Waals surface area contributed by atoms with E-state index >= 15 is 0 Å². The molecule has 3 aromatic carbocycles. The molecule has 3 aromatic rings. The first-order chi connectivity index (χ1) is 14.0. The van der Waals surface area contributed by atoms with E-state index in [4.69, 9.17) is 8.92 Å². The first kappa shape index (κ1) is 21.2. The van der Waals surface area contributed by atoms with Crippen molar-refractivity contribution in [1.82, 2.24) is 0 Å². The Bertz CT molecular complexity index is 874. The summed E-state index contributed by atoms with van der Waals surface area (Å²) in [5, 5.41) is 0. The van der Waals surface area contributed by atoms with E-state index in [2.05, 4.69) is 36.4 Å². The van der Waals surface area contributed by atoms with Crippen molar-refractivity contribution in [1.29, 1.82) is 0 Å². The minimum absolute atomic E-state index is 0.164. The standard InChI is InChI=1S/C24H26O4S/c1-29(25,26)28-20-12-11-19-27-24(21-13-5-2-6-14-21,22-15-7-3-8-16-22)23-17-9-4-10-18-23/h2-10,13-18H,11-12,19-20H2,1H3. The fourth-order valence-corrected chi connectivity index (χ4v) is 3.83. The van der Waals surface area contributed by atoms with Crippen LogP contribution in [0.5, 0.6) is 0 Å². The number of benzene rings is 3. The molecule has 4 nitrogen and oxygen atoms in total. The van der Waals surface area contributed by atoms with Gasteiger partial charge >= 0.3 is 0 Å². The van der Waals surface area contributed by atoms with Gasteiger partial charge in [0.15, 0.2) is 0 Å². The summed E-state index contributed by atoms with van der Waals surface area (Å²) in [6.07, 6.45) is 2.35. The Labute approximate surface area is 173 Å². The molecule has 0 aromatic heterocycles. The average molecular weight is 411 g/mol. The van der Waals surface area contributed by atoms with Gasteiger partial charge in [0.25, 0.3) is 10.1 Å². The smallest absolute Gasteiger partial charge is 0.264 e.